The van der Waals surface area contributed by atoms with Gasteiger partial charge in [-0.1, -0.05) is 23.4 Å². The summed E-state index contributed by atoms with van der Waals surface area (Å²) in [5.74, 6) is -0.883. The molecule has 2 fully saturated rings. The maximum atomic E-state index is 13.6. The van der Waals surface area contributed by atoms with Crippen LogP contribution in [0.1, 0.15) is 27.0 Å². The van der Waals surface area contributed by atoms with E-state index in [4.69, 9.17) is 9.57 Å². The molecule has 2 aromatic carbocycles. The van der Waals surface area contributed by atoms with Gasteiger partial charge in [-0.3, -0.25) is 14.6 Å². The van der Waals surface area contributed by atoms with Crippen LogP contribution in [0.3, 0.4) is 0 Å². The van der Waals surface area contributed by atoms with Crippen LogP contribution >= 0.6 is 0 Å². The standard InChI is InChI=1S/C30H33F6N5O3/c31-29(32,33)23-15-21(16-24(18-23)30(34,35)36)28(42)41-8-7-40(6-5-38-44-14-11-39-9-12-43-13-10-39)20-25(41)17-22-19-37-27-4-2-1-3-26(22)27/h1-5,15-16,18-19,25,37H,6-14,17,20H2/b38-5+. The van der Waals surface area contributed by atoms with Crippen LogP contribution in [0.4, 0.5) is 26.3 Å². The average molecular weight is 626 g/mol. The summed E-state index contributed by atoms with van der Waals surface area (Å²) in [4.78, 5) is 27.8. The average Bonchev–Trinajstić information content (AvgIpc) is 3.41. The molecule has 2 aliphatic rings. The monoisotopic (exact) mass is 625 g/mol. The van der Waals surface area contributed by atoms with E-state index in [0.717, 1.165) is 36.1 Å². The summed E-state index contributed by atoms with van der Waals surface area (Å²) in [6.45, 7) is 5.37. The summed E-state index contributed by atoms with van der Waals surface area (Å²) in [5, 5.41) is 4.96. The minimum atomic E-state index is -5.05. The number of H-pyrrole nitrogens is 1. The molecule has 1 aromatic heterocycles. The largest absolute Gasteiger partial charge is 0.416 e. The summed E-state index contributed by atoms with van der Waals surface area (Å²) in [5.41, 5.74) is -1.94. The minimum Gasteiger partial charge on any atom is -0.395 e. The van der Waals surface area contributed by atoms with Gasteiger partial charge in [0.05, 0.1) is 30.6 Å². The summed E-state index contributed by atoms with van der Waals surface area (Å²) in [6.07, 6.45) is -6.35. The van der Waals surface area contributed by atoms with Gasteiger partial charge in [0.25, 0.3) is 5.91 Å². The number of rotatable bonds is 9. The van der Waals surface area contributed by atoms with Gasteiger partial charge >= 0.3 is 12.4 Å². The number of ether oxygens (including phenoxy) is 1. The smallest absolute Gasteiger partial charge is 0.395 e. The van der Waals surface area contributed by atoms with E-state index in [2.05, 4.69) is 15.0 Å². The van der Waals surface area contributed by atoms with Crippen molar-refractivity contribution in [2.24, 2.45) is 5.16 Å². The Morgan fingerprint density at radius 2 is 1.68 bits per heavy atom. The molecular weight excluding hydrogens is 592 g/mol. The Kier molecular flexibility index (Phi) is 9.81. The van der Waals surface area contributed by atoms with Crippen molar-refractivity contribution in [3.63, 3.8) is 0 Å². The lowest BCUT2D eigenvalue weighted by Crippen LogP contribution is -2.56. The first-order valence-corrected chi connectivity index (χ1v) is 14.3. The van der Waals surface area contributed by atoms with Gasteiger partial charge in [0, 0.05) is 74.5 Å². The Balaban J connectivity index is 1.32. The normalized spacial score (nSPS) is 19.2. The first-order valence-electron chi connectivity index (χ1n) is 14.3. The number of carbonyl (C=O) groups is 1. The number of oxime groups is 1. The van der Waals surface area contributed by atoms with Gasteiger partial charge in [-0.15, -0.1) is 0 Å². The number of amides is 1. The Hall–Kier alpha value is -3.62. The van der Waals surface area contributed by atoms with Gasteiger partial charge in [-0.2, -0.15) is 26.3 Å². The van der Waals surface area contributed by atoms with Crippen LogP contribution in [-0.4, -0.2) is 103 Å². The van der Waals surface area contributed by atoms with Crippen LogP contribution in [0, 0.1) is 0 Å². The summed E-state index contributed by atoms with van der Waals surface area (Å²) in [7, 11) is 0. The van der Waals surface area contributed by atoms with Gasteiger partial charge in [-0.05, 0) is 36.2 Å². The lowest BCUT2D eigenvalue weighted by atomic mass is 9.98. The molecule has 2 saturated heterocycles. The molecular formula is C30H33F6N5O3. The maximum absolute atomic E-state index is 13.6. The van der Waals surface area contributed by atoms with Gasteiger partial charge in [0.2, 0.25) is 0 Å². The van der Waals surface area contributed by atoms with Gasteiger partial charge in [0.15, 0.2) is 0 Å². The second-order valence-electron chi connectivity index (χ2n) is 10.8. The number of hydrogen-bond acceptors (Lipinski definition) is 6. The lowest BCUT2D eigenvalue weighted by molar-refractivity contribution is -0.143. The zero-order valence-corrected chi connectivity index (χ0v) is 23.8. The highest BCUT2D eigenvalue weighted by atomic mass is 19.4. The highest BCUT2D eigenvalue weighted by molar-refractivity contribution is 5.95. The van der Waals surface area contributed by atoms with E-state index in [-0.39, 0.29) is 12.6 Å². The first-order chi connectivity index (χ1) is 21.0. The number of nitrogens with zero attached hydrogens (tertiary/aromatic N) is 4. The van der Waals surface area contributed by atoms with Crippen LogP contribution in [0.25, 0.3) is 10.9 Å². The molecule has 0 saturated carbocycles. The van der Waals surface area contributed by atoms with Crippen LogP contribution in [0.2, 0.25) is 0 Å². The molecule has 14 heteroatoms. The Labute approximate surface area is 250 Å². The number of hydrogen-bond donors (Lipinski definition) is 1. The molecule has 3 aromatic rings. The number of halogens is 6. The molecule has 1 unspecified atom stereocenters. The Morgan fingerprint density at radius 1 is 0.977 bits per heavy atom. The Morgan fingerprint density at radius 3 is 2.39 bits per heavy atom. The Bertz CT molecular complexity index is 1420. The van der Waals surface area contributed by atoms with Crippen molar-refractivity contribution < 1.29 is 40.7 Å². The first kappa shape index (κ1) is 31.8. The number of piperazine rings is 1. The van der Waals surface area contributed by atoms with Crippen molar-refractivity contribution in [2.45, 2.75) is 24.8 Å². The van der Waals surface area contributed by atoms with E-state index in [0.29, 0.717) is 58.0 Å². The van der Waals surface area contributed by atoms with Gasteiger partial charge in [0.1, 0.15) is 6.61 Å². The molecule has 2 aliphatic heterocycles. The van der Waals surface area contributed by atoms with Crippen LogP contribution < -0.4 is 0 Å². The molecule has 0 bridgehead atoms. The number of aromatic amines is 1. The number of fused-ring (bicyclic) bond motifs is 1. The molecule has 0 aliphatic carbocycles. The lowest BCUT2D eigenvalue weighted by Gasteiger charge is -2.41. The number of benzene rings is 2. The number of morpholine rings is 1. The SMILES string of the molecule is O=C(c1cc(C(F)(F)F)cc(C(F)(F)F)c1)N1CCN(C/C=N/OCCN2CCOCC2)CC1Cc1c[nH]c2ccccc12. The summed E-state index contributed by atoms with van der Waals surface area (Å²) < 4.78 is 86.5. The predicted molar refractivity (Wildman–Crippen MR) is 151 cm³/mol. The van der Waals surface area contributed by atoms with E-state index >= 15 is 0 Å². The van der Waals surface area contributed by atoms with E-state index < -0.39 is 41.0 Å². The number of aromatic nitrogens is 1. The second-order valence-corrected chi connectivity index (χ2v) is 10.8. The van der Waals surface area contributed by atoms with E-state index in [1.54, 1.807) is 6.21 Å². The molecule has 44 heavy (non-hydrogen) atoms. The van der Waals surface area contributed by atoms with Crippen LogP contribution in [0.15, 0.2) is 53.8 Å². The number of nitrogens with one attached hydrogen (secondary N) is 1. The van der Waals surface area contributed by atoms with E-state index in [9.17, 15) is 31.1 Å². The van der Waals surface area contributed by atoms with E-state index in [1.807, 2.05) is 35.4 Å². The molecule has 5 rings (SSSR count). The van der Waals surface area contributed by atoms with Crippen molar-refractivity contribution in [3.8, 4) is 0 Å². The zero-order valence-electron chi connectivity index (χ0n) is 23.8. The fourth-order valence-electron chi connectivity index (χ4n) is 5.58. The molecule has 0 radical (unpaired) electrons. The topological polar surface area (TPSA) is 73.4 Å². The number of para-hydroxylation sites is 1. The molecule has 3 heterocycles. The predicted octanol–water partition coefficient (Wildman–Crippen LogP) is 4.91. The van der Waals surface area contributed by atoms with Crippen molar-refractivity contribution in [1.82, 2.24) is 19.7 Å². The van der Waals surface area contributed by atoms with Crippen LogP contribution in [0.5, 0.6) is 0 Å². The van der Waals surface area contributed by atoms with Gasteiger partial charge in [-0.25, -0.2) is 0 Å². The van der Waals surface area contributed by atoms with E-state index in [1.165, 1.54) is 4.90 Å². The third kappa shape index (κ3) is 7.90. The number of alkyl halides is 6. The molecule has 1 amide bonds. The molecule has 0 spiro atoms. The summed E-state index contributed by atoms with van der Waals surface area (Å²) in [6, 6.07) is 8.03. The van der Waals surface area contributed by atoms with Gasteiger partial charge < -0.3 is 19.5 Å². The van der Waals surface area contributed by atoms with Crippen molar-refractivity contribution in [1.29, 1.82) is 0 Å². The van der Waals surface area contributed by atoms with Crippen molar-refractivity contribution in [2.75, 3.05) is 65.6 Å². The van der Waals surface area contributed by atoms with Crippen LogP contribution in [-0.2, 0) is 28.3 Å². The molecule has 1 atom stereocenters. The quantitative estimate of drug-likeness (QED) is 0.159. The van der Waals surface area contributed by atoms with Crippen molar-refractivity contribution >= 4 is 23.0 Å². The third-order valence-corrected chi connectivity index (χ3v) is 7.88. The fourth-order valence-corrected chi connectivity index (χ4v) is 5.58. The summed E-state index contributed by atoms with van der Waals surface area (Å²) >= 11 is 0. The second kappa shape index (κ2) is 13.6. The third-order valence-electron chi connectivity index (χ3n) is 7.88. The zero-order chi connectivity index (χ0) is 31.3. The highest BCUT2D eigenvalue weighted by Gasteiger charge is 2.39. The maximum Gasteiger partial charge on any atom is 0.416 e. The highest BCUT2D eigenvalue weighted by Crippen LogP contribution is 2.37. The number of carbonyl (C=O) groups excluding carboxylic acids is 1. The van der Waals surface area contributed by atoms with Crippen molar-refractivity contribution in [3.05, 3.63) is 70.9 Å². The molecule has 238 valence electrons. The molecule has 8 nitrogen and oxygen atoms in total. The fraction of sp³-hybridized carbons (Fsp3) is 0.467. The minimum absolute atomic E-state index is 0.0283. The molecule has 1 N–H and O–H groups in total.